The van der Waals surface area contributed by atoms with Crippen molar-refractivity contribution in [3.8, 4) is 16.9 Å². The Morgan fingerprint density at radius 1 is 0.675 bits per heavy atom. The number of halogens is 6. The Bertz CT molecular complexity index is 1400. The summed E-state index contributed by atoms with van der Waals surface area (Å²) in [5, 5.41) is 0.880. The predicted octanol–water partition coefficient (Wildman–Crippen LogP) is 10.2. The molecule has 40 heavy (non-hydrogen) atoms. The molecule has 0 aromatic heterocycles. The van der Waals surface area contributed by atoms with Gasteiger partial charge in [-0.2, -0.15) is 13.2 Å². The van der Waals surface area contributed by atoms with Gasteiger partial charge < -0.3 is 4.74 Å². The Balaban J connectivity index is 1.44. The van der Waals surface area contributed by atoms with Crippen molar-refractivity contribution < 1.29 is 31.1 Å². The molecule has 7 heteroatoms. The van der Waals surface area contributed by atoms with Crippen molar-refractivity contribution in [3.63, 3.8) is 0 Å². The van der Waals surface area contributed by atoms with Crippen LogP contribution >= 0.6 is 0 Å². The highest BCUT2D eigenvalue weighted by atomic mass is 19.4. The van der Waals surface area contributed by atoms with Gasteiger partial charge in [0.05, 0.1) is 5.56 Å². The maximum Gasteiger partial charge on any atom is 0.422 e. The van der Waals surface area contributed by atoms with E-state index < -0.39 is 30.2 Å². The zero-order chi connectivity index (χ0) is 28.7. The lowest BCUT2D eigenvalue weighted by Crippen LogP contribution is -2.19. The minimum Gasteiger partial charge on any atom is -0.484 e. The maximum absolute atomic E-state index is 15.3. The van der Waals surface area contributed by atoms with Crippen LogP contribution in [0, 0.1) is 17.5 Å². The Morgan fingerprint density at radius 2 is 1.38 bits per heavy atom. The Hall–Kier alpha value is -3.48. The number of hydrogen-bond acceptors (Lipinski definition) is 1. The van der Waals surface area contributed by atoms with Crippen molar-refractivity contribution in [2.24, 2.45) is 0 Å². The van der Waals surface area contributed by atoms with Gasteiger partial charge >= 0.3 is 6.18 Å². The molecule has 0 heterocycles. The summed E-state index contributed by atoms with van der Waals surface area (Å²) in [6, 6.07) is 17.0. The van der Waals surface area contributed by atoms with Crippen molar-refractivity contribution >= 4 is 10.8 Å². The minimum atomic E-state index is -4.41. The second-order valence-electron chi connectivity index (χ2n) is 10.1. The number of hydrogen-bond donors (Lipinski definition) is 0. The van der Waals surface area contributed by atoms with Gasteiger partial charge in [-0.25, -0.2) is 13.2 Å². The summed E-state index contributed by atoms with van der Waals surface area (Å²) in [6.07, 6.45) is 2.39. The third-order valence-electron chi connectivity index (χ3n) is 7.00. The summed E-state index contributed by atoms with van der Waals surface area (Å²) < 4.78 is 86.9. The van der Waals surface area contributed by atoms with E-state index >= 15 is 4.39 Å². The first kappa shape index (κ1) is 29.5. The molecule has 0 aliphatic rings. The SMILES string of the molecule is CCCCCCCc1cc(F)c(-c2ccc3c(F)c(CCc4ccc(OCC(F)(F)F)cc4)ccc3c2)c(F)c1. The van der Waals surface area contributed by atoms with E-state index in [0.717, 1.165) is 37.7 Å². The van der Waals surface area contributed by atoms with Crippen LogP contribution in [0.2, 0.25) is 0 Å². The highest BCUT2D eigenvalue weighted by Crippen LogP contribution is 2.32. The molecule has 0 saturated carbocycles. The number of aryl methyl sites for hydroxylation is 3. The summed E-state index contributed by atoms with van der Waals surface area (Å²) in [5.41, 5.74) is 2.15. The molecule has 0 radical (unpaired) electrons. The summed E-state index contributed by atoms with van der Waals surface area (Å²) in [7, 11) is 0. The molecule has 212 valence electrons. The van der Waals surface area contributed by atoms with Gasteiger partial charge in [0.25, 0.3) is 0 Å². The molecule has 0 bridgehead atoms. The van der Waals surface area contributed by atoms with Crippen LogP contribution in [-0.4, -0.2) is 12.8 Å². The van der Waals surface area contributed by atoms with Crippen LogP contribution in [0.1, 0.15) is 55.7 Å². The number of unbranched alkanes of at least 4 members (excludes halogenated alkanes) is 4. The van der Waals surface area contributed by atoms with E-state index in [-0.39, 0.29) is 11.3 Å². The lowest BCUT2D eigenvalue weighted by molar-refractivity contribution is -0.153. The van der Waals surface area contributed by atoms with Crippen LogP contribution in [0.15, 0.2) is 66.7 Å². The van der Waals surface area contributed by atoms with Crippen molar-refractivity contribution in [2.75, 3.05) is 6.61 Å². The minimum absolute atomic E-state index is 0.110. The number of alkyl halides is 3. The van der Waals surface area contributed by atoms with E-state index in [9.17, 15) is 22.0 Å². The smallest absolute Gasteiger partial charge is 0.422 e. The summed E-state index contributed by atoms with van der Waals surface area (Å²) in [6.45, 7) is 0.777. The largest absolute Gasteiger partial charge is 0.484 e. The molecule has 0 spiro atoms. The monoisotopic (exact) mass is 558 g/mol. The van der Waals surface area contributed by atoms with E-state index in [1.165, 1.54) is 36.4 Å². The Labute approximate surface area is 230 Å². The quantitative estimate of drug-likeness (QED) is 0.124. The molecule has 0 aliphatic carbocycles. The summed E-state index contributed by atoms with van der Waals surface area (Å²) in [4.78, 5) is 0. The van der Waals surface area contributed by atoms with E-state index in [1.54, 1.807) is 30.3 Å². The molecule has 0 aliphatic heterocycles. The van der Waals surface area contributed by atoms with Crippen LogP contribution in [0.3, 0.4) is 0 Å². The van der Waals surface area contributed by atoms with Crippen molar-refractivity contribution in [1.29, 1.82) is 0 Å². The average molecular weight is 559 g/mol. The second-order valence-corrected chi connectivity index (χ2v) is 10.1. The fourth-order valence-electron chi connectivity index (χ4n) is 4.86. The molecule has 4 aromatic rings. The van der Waals surface area contributed by atoms with Gasteiger partial charge in [-0.1, -0.05) is 69.0 Å². The predicted molar refractivity (Wildman–Crippen MR) is 147 cm³/mol. The average Bonchev–Trinajstić information content (AvgIpc) is 2.91. The van der Waals surface area contributed by atoms with Crippen molar-refractivity contribution in [3.05, 3.63) is 101 Å². The number of benzene rings is 4. The zero-order valence-electron chi connectivity index (χ0n) is 22.4. The van der Waals surface area contributed by atoms with Gasteiger partial charge in [-0.3, -0.25) is 0 Å². The molecule has 0 unspecified atom stereocenters. The Morgan fingerprint density at radius 3 is 2.05 bits per heavy atom. The lowest BCUT2D eigenvalue weighted by atomic mass is 9.95. The van der Waals surface area contributed by atoms with Crippen molar-refractivity contribution in [1.82, 2.24) is 0 Å². The second kappa shape index (κ2) is 13.2. The number of rotatable bonds is 12. The standard InChI is InChI=1S/C33H32F6O/c1-2-3-4-5-6-7-23-18-29(34)31(30(35)19-23)26-14-17-28-25(20-26)13-12-24(32(28)36)11-8-22-9-15-27(16-10-22)40-21-33(37,38)39/h9-10,12-20H,2-8,11,21H2,1H3. The Kier molecular flexibility index (Phi) is 9.77. The van der Waals surface area contributed by atoms with E-state index in [0.29, 0.717) is 46.7 Å². The zero-order valence-corrected chi connectivity index (χ0v) is 22.4. The van der Waals surface area contributed by atoms with Gasteiger partial charge in [0.15, 0.2) is 6.61 Å². The van der Waals surface area contributed by atoms with Crippen LogP contribution in [-0.2, 0) is 19.3 Å². The summed E-state index contributed by atoms with van der Waals surface area (Å²) in [5.74, 6) is -1.56. The molecule has 0 saturated heterocycles. The van der Waals surface area contributed by atoms with Gasteiger partial charge in [0.2, 0.25) is 0 Å². The van der Waals surface area contributed by atoms with E-state index in [1.807, 2.05) is 0 Å². The van der Waals surface area contributed by atoms with Crippen LogP contribution < -0.4 is 4.74 Å². The lowest BCUT2D eigenvalue weighted by Gasteiger charge is -2.12. The van der Waals surface area contributed by atoms with Crippen LogP contribution in [0.5, 0.6) is 5.75 Å². The fourth-order valence-corrected chi connectivity index (χ4v) is 4.86. The molecule has 4 aromatic carbocycles. The summed E-state index contributed by atoms with van der Waals surface area (Å²) >= 11 is 0. The topological polar surface area (TPSA) is 9.23 Å². The van der Waals surface area contributed by atoms with E-state index in [2.05, 4.69) is 6.92 Å². The maximum atomic E-state index is 15.3. The fraction of sp³-hybridized carbons (Fsp3) is 0.333. The third kappa shape index (κ3) is 7.80. The third-order valence-corrected chi connectivity index (χ3v) is 7.00. The van der Waals surface area contributed by atoms with Gasteiger partial charge in [0, 0.05) is 5.39 Å². The number of ether oxygens (including phenoxy) is 1. The molecule has 0 fully saturated rings. The molecule has 0 N–H and O–H groups in total. The first-order valence-corrected chi connectivity index (χ1v) is 13.6. The number of fused-ring (bicyclic) bond motifs is 1. The van der Waals surface area contributed by atoms with Gasteiger partial charge in [-0.15, -0.1) is 0 Å². The first-order valence-electron chi connectivity index (χ1n) is 13.6. The highest BCUT2D eigenvalue weighted by Gasteiger charge is 2.28. The molecule has 4 rings (SSSR count). The molecule has 1 nitrogen and oxygen atoms in total. The molecular weight excluding hydrogens is 526 g/mol. The molecule has 0 amide bonds. The van der Waals surface area contributed by atoms with Gasteiger partial charge in [-0.05, 0) is 83.7 Å². The van der Waals surface area contributed by atoms with Crippen LogP contribution in [0.4, 0.5) is 26.3 Å². The highest BCUT2D eigenvalue weighted by molar-refractivity contribution is 5.88. The van der Waals surface area contributed by atoms with Crippen molar-refractivity contribution in [2.45, 2.75) is 64.5 Å². The van der Waals surface area contributed by atoms with Crippen LogP contribution in [0.25, 0.3) is 21.9 Å². The first-order chi connectivity index (χ1) is 19.1. The van der Waals surface area contributed by atoms with Gasteiger partial charge in [0.1, 0.15) is 23.2 Å². The normalized spacial score (nSPS) is 11.8. The molecular formula is C33H32F6O. The van der Waals surface area contributed by atoms with E-state index in [4.69, 9.17) is 4.74 Å². The molecule has 0 atom stereocenters.